The number of aromatic carboxylic acids is 1. The smallest absolute Gasteiger partial charge is 0.269 e. The highest BCUT2D eigenvalue weighted by Crippen LogP contribution is 2.24. The molecule has 0 aliphatic carbocycles. The van der Waals surface area contributed by atoms with Crippen LogP contribution in [-0.2, 0) is 10.0 Å². The molecule has 2 aromatic carbocycles. The Balaban J connectivity index is 2.28. The second-order valence-corrected chi connectivity index (χ2v) is 8.20. The maximum atomic E-state index is 12.5. The molecule has 0 aliphatic rings. The first-order valence-corrected chi connectivity index (χ1v) is 9.91. The first-order valence-electron chi connectivity index (χ1n) is 7.63. The summed E-state index contributed by atoms with van der Waals surface area (Å²) in [4.78, 5) is 20.7. The van der Waals surface area contributed by atoms with Crippen molar-refractivity contribution >= 4 is 37.6 Å². The number of carbonyl (C=O) groups is 1. The van der Waals surface area contributed by atoms with Gasteiger partial charge in [0.05, 0.1) is 34.5 Å². The molecular formula is C16H14BrN2O8S-. The van der Waals surface area contributed by atoms with Gasteiger partial charge in [0.25, 0.3) is 5.69 Å². The summed E-state index contributed by atoms with van der Waals surface area (Å²) in [5, 5.41) is 41.6. The summed E-state index contributed by atoms with van der Waals surface area (Å²) in [6, 6.07) is 6.54. The molecule has 0 bridgehead atoms. The average molecular weight is 474 g/mol. The molecule has 2 rings (SSSR count). The Morgan fingerprint density at radius 3 is 2.32 bits per heavy atom. The number of nitrogens with one attached hydrogen (secondary N) is 1. The van der Waals surface area contributed by atoms with Gasteiger partial charge >= 0.3 is 0 Å². The quantitative estimate of drug-likeness (QED) is 0.357. The molecule has 2 atom stereocenters. The highest BCUT2D eigenvalue weighted by Gasteiger charge is 2.27. The maximum Gasteiger partial charge on any atom is 0.269 e. The molecule has 10 nitrogen and oxygen atoms in total. The molecule has 0 radical (unpaired) electrons. The normalized spacial score (nSPS) is 13.7. The van der Waals surface area contributed by atoms with E-state index in [0.717, 1.165) is 24.3 Å². The molecule has 0 aromatic heterocycles. The van der Waals surface area contributed by atoms with Crippen molar-refractivity contribution in [1.29, 1.82) is 0 Å². The number of halogens is 1. The molecule has 3 N–H and O–H groups in total. The van der Waals surface area contributed by atoms with Gasteiger partial charge in [0.15, 0.2) is 0 Å². The summed E-state index contributed by atoms with van der Waals surface area (Å²) in [6.45, 7) is -0.790. The van der Waals surface area contributed by atoms with E-state index in [9.17, 15) is 38.6 Å². The van der Waals surface area contributed by atoms with E-state index in [1.54, 1.807) is 0 Å². The number of carbonyl (C=O) groups excluding carboxylic acids is 1. The number of rotatable bonds is 8. The maximum absolute atomic E-state index is 12.5. The first-order chi connectivity index (χ1) is 13.1. The zero-order chi connectivity index (χ0) is 21.1. The topological polar surface area (TPSA) is 170 Å². The number of aliphatic hydroxyl groups is 2. The van der Waals surface area contributed by atoms with Crippen LogP contribution in [0.2, 0.25) is 0 Å². The fraction of sp³-hybridized carbons (Fsp3) is 0.188. The Hall–Kier alpha value is -2.38. The number of nitro benzene ring substituents is 1. The van der Waals surface area contributed by atoms with Crippen LogP contribution in [0.3, 0.4) is 0 Å². The fourth-order valence-electron chi connectivity index (χ4n) is 2.32. The molecule has 0 aliphatic heterocycles. The van der Waals surface area contributed by atoms with Crippen LogP contribution >= 0.6 is 15.9 Å². The van der Waals surface area contributed by atoms with Crippen LogP contribution in [0.4, 0.5) is 5.69 Å². The summed E-state index contributed by atoms with van der Waals surface area (Å²) < 4.78 is 27.2. The van der Waals surface area contributed by atoms with Gasteiger partial charge in [-0.05, 0) is 35.9 Å². The van der Waals surface area contributed by atoms with Crippen LogP contribution in [-0.4, -0.2) is 42.2 Å². The van der Waals surface area contributed by atoms with E-state index >= 15 is 0 Å². The lowest BCUT2D eigenvalue weighted by Gasteiger charge is -2.22. The Kier molecular flexibility index (Phi) is 6.85. The van der Waals surface area contributed by atoms with Gasteiger partial charge in [-0.1, -0.05) is 15.9 Å². The molecule has 0 fully saturated rings. The largest absolute Gasteiger partial charge is 0.545 e. The molecule has 0 spiro atoms. The minimum atomic E-state index is -4.31. The molecule has 0 unspecified atom stereocenters. The number of carboxylic acids is 1. The molecule has 28 heavy (non-hydrogen) atoms. The Morgan fingerprint density at radius 1 is 1.21 bits per heavy atom. The Morgan fingerprint density at radius 2 is 1.82 bits per heavy atom. The van der Waals surface area contributed by atoms with Crippen molar-refractivity contribution in [1.82, 2.24) is 4.72 Å². The van der Waals surface area contributed by atoms with E-state index in [4.69, 9.17) is 0 Å². The van der Waals surface area contributed by atoms with E-state index in [1.165, 1.54) is 18.2 Å². The average Bonchev–Trinajstić information content (AvgIpc) is 2.65. The molecule has 150 valence electrons. The number of nitrogens with zero attached hydrogens (tertiary/aromatic N) is 1. The van der Waals surface area contributed by atoms with Crippen LogP contribution in [0, 0.1) is 10.1 Å². The Labute approximate surface area is 167 Å². The number of hydrogen-bond acceptors (Lipinski definition) is 8. The third kappa shape index (κ3) is 4.91. The van der Waals surface area contributed by atoms with Crippen molar-refractivity contribution in [3.8, 4) is 0 Å². The molecule has 0 heterocycles. The number of sulfonamides is 1. The van der Waals surface area contributed by atoms with E-state index in [1.807, 2.05) is 0 Å². The van der Waals surface area contributed by atoms with Crippen molar-refractivity contribution in [3.63, 3.8) is 0 Å². The number of non-ortho nitro benzene ring substituents is 1. The predicted molar refractivity (Wildman–Crippen MR) is 97.7 cm³/mol. The van der Waals surface area contributed by atoms with Crippen molar-refractivity contribution in [2.24, 2.45) is 0 Å². The summed E-state index contributed by atoms with van der Waals surface area (Å²) in [5.74, 6) is -1.59. The summed E-state index contributed by atoms with van der Waals surface area (Å²) in [7, 11) is -4.31. The van der Waals surface area contributed by atoms with Crippen molar-refractivity contribution < 1.29 is 33.5 Å². The monoisotopic (exact) mass is 473 g/mol. The Bertz CT molecular complexity index is 994. The first kappa shape index (κ1) is 21.9. The van der Waals surface area contributed by atoms with Gasteiger partial charge in [0.2, 0.25) is 10.0 Å². The lowest BCUT2D eigenvalue weighted by molar-refractivity contribution is -0.384. The third-order valence-electron chi connectivity index (χ3n) is 3.80. The number of aliphatic hydroxyl groups excluding tert-OH is 2. The van der Waals surface area contributed by atoms with Crippen LogP contribution in [0.1, 0.15) is 22.0 Å². The molecule has 0 saturated heterocycles. The summed E-state index contributed by atoms with van der Waals surface area (Å²) in [5.41, 5.74) is -0.473. The van der Waals surface area contributed by atoms with Crippen molar-refractivity contribution in [2.75, 3.05) is 6.61 Å². The van der Waals surface area contributed by atoms with E-state index in [2.05, 4.69) is 20.7 Å². The lowest BCUT2D eigenvalue weighted by Crippen LogP contribution is -2.42. The van der Waals surface area contributed by atoms with Crippen molar-refractivity contribution in [2.45, 2.75) is 17.0 Å². The number of carboxylic acid groups (broad SMARTS) is 1. The minimum Gasteiger partial charge on any atom is -0.545 e. The van der Waals surface area contributed by atoms with Gasteiger partial charge in [-0.3, -0.25) is 10.1 Å². The SMILES string of the molecule is O=C([O-])c1cc(S(=O)(=O)N[C@@H](CO)[C@H](O)c2ccc([N+](=O)[O-])cc2)ccc1Br. The van der Waals surface area contributed by atoms with Crippen LogP contribution in [0.25, 0.3) is 0 Å². The highest BCUT2D eigenvalue weighted by atomic mass is 79.9. The molecule has 0 saturated carbocycles. The van der Waals surface area contributed by atoms with Crippen LogP contribution < -0.4 is 9.83 Å². The van der Waals surface area contributed by atoms with Gasteiger partial charge in [0, 0.05) is 22.2 Å². The number of hydrogen-bond donors (Lipinski definition) is 3. The van der Waals surface area contributed by atoms with Gasteiger partial charge in [-0.15, -0.1) is 0 Å². The third-order valence-corrected chi connectivity index (χ3v) is 5.98. The molecule has 0 amide bonds. The molecular weight excluding hydrogens is 460 g/mol. The van der Waals surface area contributed by atoms with Gasteiger partial charge in [0.1, 0.15) is 0 Å². The second-order valence-electron chi connectivity index (χ2n) is 5.63. The second kappa shape index (κ2) is 8.75. The van der Waals surface area contributed by atoms with Crippen molar-refractivity contribution in [3.05, 3.63) is 68.2 Å². The van der Waals surface area contributed by atoms with Crippen LogP contribution in [0.15, 0.2) is 51.8 Å². The van der Waals surface area contributed by atoms with Crippen LogP contribution in [0.5, 0.6) is 0 Å². The zero-order valence-electron chi connectivity index (χ0n) is 14.0. The molecule has 2 aromatic rings. The zero-order valence-corrected chi connectivity index (χ0v) is 16.4. The van der Waals surface area contributed by atoms with Gasteiger partial charge in [-0.2, -0.15) is 0 Å². The highest BCUT2D eigenvalue weighted by molar-refractivity contribution is 9.10. The van der Waals surface area contributed by atoms with Gasteiger partial charge < -0.3 is 20.1 Å². The molecule has 12 heteroatoms. The van der Waals surface area contributed by atoms with E-state index in [-0.39, 0.29) is 21.3 Å². The number of nitro groups is 1. The lowest BCUT2D eigenvalue weighted by atomic mass is 10.0. The number of benzene rings is 2. The standard InChI is InChI=1S/C16H15BrN2O8S/c17-13-6-5-11(7-12(13)16(22)23)28(26,27)18-14(8-20)15(21)9-1-3-10(4-2-9)19(24)25/h1-7,14-15,18,20-21H,8H2,(H,22,23)/p-1/t14-,15+/m0/s1. The van der Waals surface area contributed by atoms with E-state index in [0.29, 0.717) is 0 Å². The fourth-order valence-corrected chi connectivity index (χ4v) is 3.99. The minimum absolute atomic E-state index is 0.121. The predicted octanol–water partition coefficient (Wildman–Crippen LogP) is 0.0936. The summed E-state index contributed by atoms with van der Waals surface area (Å²) >= 11 is 2.97. The van der Waals surface area contributed by atoms with Gasteiger partial charge in [-0.25, -0.2) is 13.1 Å². The van der Waals surface area contributed by atoms with E-state index < -0.39 is 44.6 Å². The summed E-state index contributed by atoms with van der Waals surface area (Å²) in [6.07, 6.45) is -1.52.